The Morgan fingerprint density at radius 1 is 0.966 bits per heavy atom. The van der Waals surface area contributed by atoms with Crippen LogP contribution in [0, 0.1) is 27.7 Å². The van der Waals surface area contributed by atoms with Crippen LogP contribution in [0.1, 0.15) is 40.0 Å². The minimum atomic E-state index is 0.0586. The average molecular weight is 390 g/mol. The van der Waals surface area contributed by atoms with Gasteiger partial charge in [-0.1, -0.05) is 10.3 Å². The third-order valence-electron chi connectivity index (χ3n) is 5.81. The Labute approximate surface area is 168 Å². The largest absolute Gasteiger partial charge is 0.496 e. The van der Waals surface area contributed by atoms with Crippen molar-refractivity contribution >= 4 is 17.5 Å². The summed E-state index contributed by atoms with van der Waals surface area (Å²) in [6, 6.07) is 4.29. The second kappa shape index (κ2) is 6.34. The zero-order valence-corrected chi connectivity index (χ0v) is 17.0. The van der Waals surface area contributed by atoms with Crippen molar-refractivity contribution in [1.82, 2.24) is 10.3 Å². The molecule has 0 aliphatic carbocycles. The molecule has 1 N–H and O–H groups in total. The molecule has 2 aliphatic heterocycles. The van der Waals surface area contributed by atoms with Crippen LogP contribution in [0.5, 0.6) is 5.75 Å². The molecule has 2 aliphatic rings. The molecular formula is C22H22N4O3. The fraction of sp³-hybridized carbons (Fsp3) is 0.318. The molecule has 0 radical (unpaired) electrons. The van der Waals surface area contributed by atoms with E-state index >= 15 is 0 Å². The minimum Gasteiger partial charge on any atom is -0.496 e. The first kappa shape index (κ1) is 17.7. The fourth-order valence-electron chi connectivity index (χ4n) is 4.56. The molecule has 7 heteroatoms. The summed E-state index contributed by atoms with van der Waals surface area (Å²) < 4.78 is 16.6. The zero-order valence-electron chi connectivity index (χ0n) is 17.0. The number of methoxy groups -OCH3 is 1. The van der Waals surface area contributed by atoms with Gasteiger partial charge >= 0.3 is 0 Å². The number of hydrogen-bond donors (Lipinski definition) is 1. The fourth-order valence-corrected chi connectivity index (χ4v) is 4.56. The first-order chi connectivity index (χ1) is 14.0. The van der Waals surface area contributed by atoms with Gasteiger partial charge in [0, 0.05) is 35.1 Å². The van der Waals surface area contributed by atoms with Crippen molar-refractivity contribution in [3.63, 3.8) is 0 Å². The normalized spacial score (nSPS) is 19.6. The Balaban J connectivity index is 1.68. The number of ether oxygens (including phenoxy) is 1. The van der Waals surface area contributed by atoms with Gasteiger partial charge in [-0.05, 0) is 51.0 Å². The van der Waals surface area contributed by atoms with Gasteiger partial charge in [0.25, 0.3) is 0 Å². The van der Waals surface area contributed by atoms with Crippen molar-refractivity contribution in [2.24, 2.45) is 4.99 Å². The molecule has 7 nitrogen and oxygen atoms in total. The lowest BCUT2D eigenvalue weighted by molar-refractivity contribution is 0.393. The third-order valence-corrected chi connectivity index (χ3v) is 5.81. The van der Waals surface area contributed by atoms with Crippen molar-refractivity contribution in [2.75, 3.05) is 12.4 Å². The molecule has 2 atom stereocenters. The maximum absolute atomic E-state index is 5.78. The Morgan fingerprint density at radius 3 is 2.28 bits per heavy atom. The van der Waals surface area contributed by atoms with E-state index in [-0.39, 0.29) is 12.0 Å². The lowest BCUT2D eigenvalue weighted by Gasteiger charge is -2.23. The number of nitrogens with one attached hydrogen (secondary N) is 1. The lowest BCUT2D eigenvalue weighted by atomic mass is 9.82. The van der Waals surface area contributed by atoms with Gasteiger partial charge in [-0.15, -0.1) is 0 Å². The first-order valence-corrected chi connectivity index (χ1v) is 9.58. The summed E-state index contributed by atoms with van der Waals surface area (Å²) in [7, 11) is 1.69. The van der Waals surface area contributed by atoms with E-state index in [2.05, 4.69) is 32.8 Å². The number of anilines is 1. The van der Waals surface area contributed by atoms with Crippen LogP contribution in [-0.4, -0.2) is 29.7 Å². The molecule has 0 spiro atoms. The predicted octanol–water partition coefficient (Wildman–Crippen LogP) is 4.58. The molecule has 29 heavy (non-hydrogen) atoms. The van der Waals surface area contributed by atoms with E-state index in [0.29, 0.717) is 0 Å². The summed E-state index contributed by atoms with van der Waals surface area (Å²) in [4.78, 5) is 4.49. The highest BCUT2D eigenvalue weighted by Gasteiger charge is 2.39. The molecule has 0 saturated carbocycles. The van der Waals surface area contributed by atoms with Gasteiger partial charge in [0.15, 0.2) is 0 Å². The number of aryl methyl sites for hydroxylation is 4. The van der Waals surface area contributed by atoms with Crippen LogP contribution in [-0.2, 0) is 0 Å². The summed E-state index contributed by atoms with van der Waals surface area (Å²) in [5.41, 5.74) is 8.00. The van der Waals surface area contributed by atoms with E-state index < -0.39 is 0 Å². The van der Waals surface area contributed by atoms with Gasteiger partial charge in [0.05, 0.1) is 30.1 Å². The molecule has 0 saturated heterocycles. The molecule has 4 heterocycles. The van der Waals surface area contributed by atoms with Gasteiger partial charge in [-0.3, -0.25) is 4.99 Å². The highest BCUT2D eigenvalue weighted by molar-refractivity contribution is 5.92. The second-order valence-corrected chi connectivity index (χ2v) is 7.57. The lowest BCUT2D eigenvalue weighted by Crippen LogP contribution is -2.25. The Hall–Kier alpha value is -3.35. The quantitative estimate of drug-likeness (QED) is 0.705. The van der Waals surface area contributed by atoms with E-state index in [9.17, 15) is 0 Å². The number of aliphatic imine (C=N–C) groups is 1. The summed E-state index contributed by atoms with van der Waals surface area (Å²) in [6.45, 7) is 7.76. The van der Waals surface area contributed by atoms with Gasteiger partial charge in [0.2, 0.25) is 0 Å². The van der Waals surface area contributed by atoms with Crippen LogP contribution in [0.2, 0.25) is 0 Å². The molecule has 0 amide bonds. The summed E-state index contributed by atoms with van der Waals surface area (Å²) in [5.74, 6) is 2.47. The Kier molecular flexibility index (Phi) is 3.87. The average Bonchev–Trinajstić information content (AvgIpc) is 3.35. The van der Waals surface area contributed by atoms with E-state index in [1.165, 1.54) is 5.56 Å². The zero-order chi connectivity index (χ0) is 20.3. The van der Waals surface area contributed by atoms with Gasteiger partial charge < -0.3 is 19.1 Å². The van der Waals surface area contributed by atoms with Crippen LogP contribution in [0.3, 0.4) is 0 Å². The minimum absolute atomic E-state index is 0.0586. The molecule has 0 fully saturated rings. The van der Waals surface area contributed by atoms with Crippen molar-refractivity contribution in [3.8, 4) is 16.9 Å². The number of hydrogen-bond acceptors (Lipinski definition) is 7. The predicted molar refractivity (Wildman–Crippen MR) is 111 cm³/mol. The number of nitrogens with zero attached hydrogens (tertiary/aromatic N) is 3. The topological polar surface area (TPSA) is 85.7 Å². The van der Waals surface area contributed by atoms with Crippen LogP contribution in [0.25, 0.3) is 16.7 Å². The van der Waals surface area contributed by atoms with Crippen LogP contribution in [0.4, 0.5) is 5.69 Å². The monoisotopic (exact) mass is 390 g/mol. The van der Waals surface area contributed by atoms with Crippen molar-refractivity contribution in [1.29, 1.82) is 0 Å². The summed E-state index contributed by atoms with van der Waals surface area (Å²) in [5, 5.41) is 11.8. The van der Waals surface area contributed by atoms with Crippen LogP contribution < -0.4 is 10.1 Å². The third kappa shape index (κ3) is 2.53. The number of rotatable bonds is 3. The maximum Gasteiger partial charge on any atom is 0.141 e. The molecule has 2 unspecified atom stereocenters. The summed E-state index contributed by atoms with van der Waals surface area (Å²) >= 11 is 0. The van der Waals surface area contributed by atoms with E-state index in [1.807, 2.05) is 40.1 Å². The molecule has 148 valence electrons. The van der Waals surface area contributed by atoms with Gasteiger partial charge in [-0.2, -0.15) is 0 Å². The SMILES string of the molecule is COc1cc2c(cc1-c1c(C)noc1C)NC1C=NC=C(c3c(C)noc3C)C21. The Morgan fingerprint density at radius 2 is 1.66 bits per heavy atom. The van der Waals surface area contributed by atoms with E-state index in [4.69, 9.17) is 13.8 Å². The van der Waals surface area contributed by atoms with E-state index in [0.717, 1.165) is 56.6 Å². The standard InChI is InChI=1S/C22H22N4O3/c1-10-20(12(3)28-25-10)15-6-17-14(7-19(15)27-5)22-16(8-23-9-18(22)24-17)21-11(2)26-29-13(21)4/h6-9,18,22,24H,1-5H3. The Bertz CT molecular complexity index is 1150. The van der Waals surface area contributed by atoms with Gasteiger partial charge in [-0.25, -0.2) is 0 Å². The maximum atomic E-state index is 5.78. The summed E-state index contributed by atoms with van der Waals surface area (Å²) in [6.07, 6.45) is 3.87. The smallest absolute Gasteiger partial charge is 0.141 e. The van der Waals surface area contributed by atoms with Crippen LogP contribution in [0.15, 0.2) is 32.4 Å². The number of aromatic nitrogens is 2. The second-order valence-electron chi connectivity index (χ2n) is 7.57. The van der Waals surface area contributed by atoms with Crippen molar-refractivity contribution < 1.29 is 13.8 Å². The molecule has 2 aromatic heterocycles. The van der Waals surface area contributed by atoms with Gasteiger partial charge in [0.1, 0.15) is 17.3 Å². The van der Waals surface area contributed by atoms with Crippen LogP contribution >= 0.6 is 0 Å². The molecule has 5 rings (SSSR count). The molecule has 3 aromatic rings. The molecular weight excluding hydrogens is 368 g/mol. The van der Waals surface area contributed by atoms with Crippen molar-refractivity contribution in [2.45, 2.75) is 39.7 Å². The number of fused-ring (bicyclic) bond motifs is 3. The molecule has 0 bridgehead atoms. The first-order valence-electron chi connectivity index (χ1n) is 9.58. The number of benzene rings is 1. The highest BCUT2D eigenvalue weighted by atomic mass is 16.5. The van der Waals surface area contributed by atoms with Crippen molar-refractivity contribution in [3.05, 3.63) is 52.4 Å². The highest BCUT2D eigenvalue weighted by Crippen LogP contribution is 2.50. The van der Waals surface area contributed by atoms with E-state index in [1.54, 1.807) is 7.11 Å². The molecule has 1 aromatic carbocycles.